The summed E-state index contributed by atoms with van der Waals surface area (Å²) in [5.41, 5.74) is 2.95. The average Bonchev–Trinajstić information content (AvgIpc) is 3.21. The van der Waals surface area contributed by atoms with Crippen LogP contribution in [0.2, 0.25) is 5.02 Å². The monoisotopic (exact) mass is 540 g/mol. The highest BCUT2D eigenvalue weighted by Crippen LogP contribution is 2.50. The number of amides is 2. The van der Waals surface area contributed by atoms with Crippen LogP contribution in [-0.4, -0.2) is 47.5 Å². The summed E-state index contributed by atoms with van der Waals surface area (Å²) >= 11 is 8.18. The maximum Gasteiger partial charge on any atom is 0.240 e. The summed E-state index contributed by atoms with van der Waals surface area (Å²) in [6.07, 6.45) is 0.808. The van der Waals surface area contributed by atoms with Crippen LogP contribution >= 0.6 is 23.4 Å². The number of anilines is 1. The molecule has 0 aliphatic carbocycles. The molecule has 7 nitrogen and oxygen atoms in total. The Morgan fingerprint density at radius 2 is 1.89 bits per heavy atom. The smallest absolute Gasteiger partial charge is 0.240 e. The maximum atomic E-state index is 13.7. The van der Waals surface area contributed by atoms with Gasteiger partial charge in [0.1, 0.15) is 18.1 Å². The number of hydrogen-bond donors (Lipinski definition) is 1. The summed E-state index contributed by atoms with van der Waals surface area (Å²) < 4.78 is 7.46. The third-order valence-electron chi connectivity index (χ3n) is 6.18. The molecule has 1 aliphatic rings. The second-order valence-electron chi connectivity index (χ2n) is 9.96. The van der Waals surface area contributed by atoms with Crippen molar-refractivity contribution in [3.05, 3.63) is 70.4 Å². The minimum atomic E-state index is -0.360. The van der Waals surface area contributed by atoms with Gasteiger partial charge in [-0.1, -0.05) is 69.6 Å². The molecule has 0 saturated heterocycles. The molecule has 9 heteroatoms. The Morgan fingerprint density at radius 1 is 1.19 bits per heavy atom. The van der Waals surface area contributed by atoms with Crippen molar-refractivity contribution in [2.45, 2.75) is 44.8 Å². The van der Waals surface area contributed by atoms with E-state index >= 15 is 0 Å². The van der Waals surface area contributed by atoms with Crippen molar-refractivity contribution in [2.24, 2.45) is 0 Å². The predicted molar refractivity (Wildman–Crippen MR) is 150 cm³/mol. The van der Waals surface area contributed by atoms with Gasteiger partial charge in [0.15, 0.2) is 0 Å². The van der Waals surface area contributed by atoms with Crippen LogP contribution in [0.4, 0.5) is 5.82 Å². The Morgan fingerprint density at radius 3 is 2.57 bits per heavy atom. The SMILES string of the molecule is CCCNC(=O)CN1C(=O)CS[C@H](c2ccccc2OC)c2c(C(C)(C)C)nn(-c3ccccc3Cl)c21. The normalized spacial score (nSPS) is 15.8. The number of para-hydroxylation sites is 2. The van der Waals surface area contributed by atoms with E-state index in [1.165, 1.54) is 11.8 Å². The summed E-state index contributed by atoms with van der Waals surface area (Å²) in [5.74, 6) is 1.12. The molecule has 2 heterocycles. The first-order chi connectivity index (χ1) is 17.7. The lowest BCUT2D eigenvalue weighted by Gasteiger charge is -2.25. The molecule has 0 spiro atoms. The number of aromatic nitrogens is 2. The Labute approximate surface area is 227 Å². The van der Waals surface area contributed by atoms with Gasteiger partial charge in [-0.25, -0.2) is 4.68 Å². The van der Waals surface area contributed by atoms with Gasteiger partial charge in [0, 0.05) is 23.1 Å². The number of thioether (sulfide) groups is 1. The Balaban J connectivity index is 2.04. The molecule has 1 aromatic heterocycles. The topological polar surface area (TPSA) is 76.5 Å². The van der Waals surface area contributed by atoms with Crippen LogP contribution in [0.25, 0.3) is 5.69 Å². The van der Waals surface area contributed by atoms with Gasteiger partial charge in [-0.05, 0) is 24.6 Å². The van der Waals surface area contributed by atoms with Crippen molar-refractivity contribution in [1.29, 1.82) is 0 Å². The summed E-state index contributed by atoms with van der Waals surface area (Å²) in [6, 6.07) is 15.3. The van der Waals surface area contributed by atoms with Crippen LogP contribution in [0.5, 0.6) is 5.75 Å². The molecule has 3 aromatic rings. The van der Waals surface area contributed by atoms with Crippen LogP contribution in [0.3, 0.4) is 0 Å². The lowest BCUT2D eigenvalue weighted by atomic mass is 9.87. The number of carbonyl (C=O) groups excluding carboxylic acids is 2. The molecule has 196 valence electrons. The van der Waals surface area contributed by atoms with Crippen LogP contribution in [0, 0.1) is 0 Å². The molecule has 2 aromatic carbocycles. The van der Waals surface area contributed by atoms with E-state index in [-0.39, 0.29) is 34.8 Å². The highest BCUT2D eigenvalue weighted by atomic mass is 35.5. The molecule has 1 N–H and O–H groups in total. The number of ether oxygens (including phenoxy) is 1. The first-order valence-electron chi connectivity index (χ1n) is 12.4. The molecular weight excluding hydrogens is 508 g/mol. The fourth-order valence-electron chi connectivity index (χ4n) is 4.46. The second-order valence-corrected chi connectivity index (χ2v) is 11.5. The van der Waals surface area contributed by atoms with E-state index < -0.39 is 0 Å². The Kier molecular flexibility index (Phi) is 8.19. The minimum Gasteiger partial charge on any atom is -0.496 e. The van der Waals surface area contributed by atoms with Gasteiger partial charge in [-0.2, -0.15) is 5.10 Å². The lowest BCUT2D eigenvalue weighted by Crippen LogP contribution is -2.42. The van der Waals surface area contributed by atoms with Gasteiger partial charge >= 0.3 is 0 Å². The number of carbonyl (C=O) groups is 2. The first kappa shape index (κ1) is 27.1. The number of nitrogens with one attached hydrogen (secondary N) is 1. The van der Waals surface area contributed by atoms with E-state index in [1.807, 2.05) is 49.4 Å². The van der Waals surface area contributed by atoms with Crippen molar-refractivity contribution in [2.75, 3.05) is 30.9 Å². The highest BCUT2D eigenvalue weighted by molar-refractivity contribution is 8.00. The molecule has 0 unspecified atom stereocenters. The molecule has 0 saturated carbocycles. The number of methoxy groups -OCH3 is 1. The molecule has 0 bridgehead atoms. The third kappa shape index (κ3) is 5.50. The summed E-state index contributed by atoms with van der Waals surface area (Å²) in [7, 11) is 1.65. The molecule has 37 heavy (non-hydrogen) atoms. The number of halogens is 1. The van der Waals surface area contributed by atoms with Crippen molar-refractivity contribution >= 4 is 41.0 Å². The zero-order chi connectivity index (χ0) is 26.7. The quantitative estimate of drug-likeness (QED) is 0.426. The van der Waals surface area contributed by atoms with Crippen LogP contribution in [0.1, 0.15) is 56.2 Å². The third-order valence-corrected chi connectivity index (χ3v) is 7.73. The molecule has 0 fully saturated rings. The van der Waals surface area contributed by atoms with E-state index in [0.717, 1.165) is 29.0 Å². The molecular formula is C28H33ClN4O3S. The number of rotatable bonds is 7. The van der Waals surface area contributed by atoms with Gasteiger partial charge in [0.25, 0.3) is 0 Å². The van der Waals surface area contributed by atoms with Gasteiger partial charge in [0.05, 0.1) is 34.5 Å². The van der Waals surface area contributed by atoms with E-state index in [1.54, 1.807) is 22.8 Å². The van der Waals surface area contributed by atoms with Gasteiger partial charge in [-0.3, -0.25) is 14.5 Å². The number of benzene rings is 2. The number of hydrogen-bond acceptors (Lipinski definition) is 5. The van der Waals surface area contributed by atoms with Crippen molar-refractivity contribution in [3.8, 4) is 11.4 Å². The summed E-state index contributed by atoms with van der Waals surface area (Å²) in [4.78, 5) is 28.1. The predicted octanol–water partition coefficient (Wildman–Crippen LogP) is 5.53. The van der Waals surface area contributed by atoms with Gasteiger partial charge < -0.3 is 10.1 Å². The van der Waals surface area contributed by atoms with Crippen LogP contribution in [0.15, 0.2) is 48.5 Å². The first-order valence-corrected chi connectivity index (χ1v) is 13.8. The molecule has 2 amide bonds. The van der Waals surface area contributed by atoms with Crippen molar-refractivity contribution in [3.63, 3.8) is 0 Å². The molecule has 4 rings (SSSR count). The zero-order valence-electron chi connectivity index (χ0n) is 21.9. The minimum absolute atomic E-state index is 0.106. The average molecular weight is 541 g/mol. The van der Waals surface area contributed by atoms with Crippen LogP contribution < -0.4 is 15.0 Å². The largest absolute Gasteiger partial charge is 0.496 e. The summed E-state index contributed by atoms with van der Waals surface area (Å²) in [5, 5.41) is 8.23. The molecule has 1 aliphatic heterocycles. The number of fused-ring (bicyclic) bond motifs is 1. The number of nitrogens with zero attached hydrogens (tertiary/aromatic N) is 3. The van der Waals surface area contributed by atoms with E-state index in [0.29, 0.717) is 23.1 Å². The highest BCUT2D eigenvalue weighted by Gasteiger charge is 2.40. The standard InChI is InChI=1S/C28H33ClN4O3S/c1-6-15-30-22(34)16-32-23(35)17-37-25(18-11-7-10-14-21(18)36-5)24-26(28(2,3)4)31-33(27(24)32)20-13-9-8-12-19(20)29/h7-14,25H,6,15-17H2,1-5H3,(H,30,34)/t25-/m1/s1. The van der Waals surface area contributed by atoms with E-state index in [9.17, 15) is 9.59 Å². The fraction of sp³-hybridized carbons (Fsp3) is 0.393. The van der Waals surface area contributed by atoms with E-state index in [4.69, 9.17) is 21.4 Å². The second kappa shape index (κ2) is 11.2. The summed E-state index contributed by atoms with van der Waals surface area (Å²) in [6.45, 7) is 8.73. The fourth-order valence-corrected chi connectivity index (χ4v) is 5.90. The lowest BCUT2D eigenvalue weighted by molar-refractivity contribution is -0.122. The molecule has 0 radical (unpaired) electrons. The van der Waals surface area contributed by atoms with Crippen LogP contribution in [-0.2, 0) is 15.0 Å². The van der Waals surface area contributed by atoms with Gasteiger partial charge in [0.2, 0.25) is 11.8 Å². The van der Waals surface area contributed by atoms with E-state index in [2.05, 4.69) is 26.1 Å². The van der Waals surface area contributed by atoms with Gasteiger partial charge in [-0.15, -0.1) is 11.8 Å². The Hall–Kier alpha value is -2.97. The Bertz CT molecular complexity index is 1300. The van der Waals surface area contributed by atoms with Crippen molar-refractivity contribution < 1.29 is 14.3 Å². The maximum absolute atomic E-state index is 13.7. The molecule has 1 atom stereocenters. The zero-order valence-corrected chi connectivity index (χ0v) is 23.4. The van der Waals surface area contributed by atoms with Crippen molar-refractivity contribution in [1.82, 2.24) is 15.1 Å².